The van der Waals surface area contributed by atoms with Crippen molar-refractivity contribution < 1.29 is 0 Å². The Morgan fingerprint density at radius 3 is 1.17 bits per heavy atom. The van der Waals surface area contributed by atoms with Crippen molar-refractivity contribution in [3.05, 3.63) is 0 Å². The minimum Gasteiger partial charge on any atom is -0.153 e. The summed E-state index contributed by atoms with van der Waals surface area (Å²) in [6.07, 6.45) is 0. The van der Waals surface area contributed by atoms with Gasteiger partial charge in [-0.25, -0.2) is 0 Å². The van der Waals surface area contributed by atoms with E-state index in [1.165, 1.54) is 0 Å². The Balaban J connectivity index is -0.00000000667. The Bertz CT molecular complexity index is 13.5. The van der Waals surface area contributed by atoms with Crippen molar-refractivity contribution in [1.82, 2.24) is 0 Å². The maximum Gasteiger partial charge on any atom is 0.0523 e. The van der Waals surface area contributed by atoms with E-state index in [1.54, 1.807) is 0 Å². The molecule has 0 nitrogen and oxygen atoms in total. The zero-order valence-electron chi connectivity index (χ0n) is 3.37. The van der Waals surface area contributed by atoms with Gasteiger partial charge in [-0.05, 0) is 21.4 Å². The topological polar surface area (TPSA) is 0 Å². The fourth-order valence-corrected chi connectivity index (χ4v) is 0. The Morgan fingerprint density at radius 2 is 1.17 bits per heavy atom. The quantitative estimate of drug-likeness (QED) is 0.392. The van der Waals surface area contributed by atoms with Gasteiger partial charge in [0.05, 0.1) is 10.2 Å². The van der Waals surface area contributed by atoms with E-state index in [-0.39, 0.29) is 39.7 Å². The van der Waals surface area contributed by atoms with E-state index in [0.29, 0.717) is 10.2 Å². The van der Waals surface area contributed by atoms with Crippen LogP contribution in [0, 0.1) is 0 Å². The molecule has 0 aromatic rings. The van der Waals surface area contributed by atoms with Crippen LogP contribution < -0.4 is 0 Å². The van der Waals surface area contributed by atoms with Crippen LogP contribution in [-0.4, -0.2) is 29.8 Å². The Morgan fingerprint density at radius 1 is 1.17 bits per heavy atom. The second-order valence-electron chi connectivity index (χ2n) is 0.0583. The summed E-state index contributed by atoms with van der Waals surface area (Å²) in [4.78, 5) is 0. The van der Waals surface area contributed by atoms with Gasteiger partial charge in [-0.1, -0.05) is 0 Å². The van der Waals surface area contributed by atoms with Crippen molar-refractivity contribution in [2.75, 3.05) is 0 Å². The fraction of sp³-hybridized carbons (Fsp3) is 0. The first kappa shape index (κ1) is 24.1. The Hall–Kier alpha value is 2.17. The van der Waals surface area contributed by atoms with Gasteiger partial charge in [0.25, 0.3) is 0 Å². The molecule has 5 radical (unpaired) electrons. The third kappa shape index (κ3) is 35.0. The molecular formula is H3Cl2LiPSSi. The van der Waals surface area contributed by atoms with Gasteiger partial charge in [0.2, 0.25) is 0 Å². The second kappa shape index (κ2) is 27.1. The maximum atomic E-state index is 4.68. The minimum atomic E-state index is 0. The molecular weight excluding hydrogens is 169 g/mol. The summed E-state index contributed by atoms with van der Waals surface area (Å²) < 4.78 is 0. The number of rotatable bonds is 0. The molecule has 0 bridgehead atoms. The van der Waals surface area contributed by atoms with Gasteiger partial charge >= 0.3 is 0 Å². The summed E-state index contributed by atoms with van der Waals surface area (Å²) in [5, 5.41) is 0. The number of halogens is 2. The van der Waals surface area contributed by atoms with Crippen molar-refractivity contribution in [2.24, 2.45) is 0 Å². The van der Waals surface area contributed by atoms with Crippen LogP contribution in [0.5, 0.6) is 0 Å². The van der Waals surface area contributed by atoms with Crippen LogP contribution in [-0.2, 0) is 0 Å². The number of hydrogen-bond acceptors (Lipinski definition) is 1. The van der Waals surface area contributed by atoms with Crippen LogP contribution in [0.3, 0.4) is 0 Å². The summed E-state index contributed by atoms with van der Waals surface area (Å²) in [7, 11) is 10.1. The van der Waals surface area contributed by atoms with Crippen LogP contribution >= 0.6 is 41.5 Å². The van der Waals surface area contributed by atoms with Gasteiger partial charge in [0.1, 0.15) is 0 Å². The molecule has 0 aliphatic rings. The van der Waals surface area contributed by atoms with Crippen LogP contribution in [0.4, 0.5) is 0 Å². The Kier molecular flexibility index (Phi) is 109. The molecule has 33 valence electrons. The summed E-state index contributed by atoms with van der Waals surface area (Å²) in [6, 6.07) is 0. The van der Waals surface area contributed by atoms with Gasteiger partial charge in [0.15, 0.2) is 0 Å². The first-order valence-corrected chi connectivity index (χ1v) is 2.78. The van der Waals surface area contributed by atoms with E-state index in [4.69, 9.17) is 0 Å². The summed E-state index contributed by atoms with van der Waals surface area (Å²) in [5.74, 6) is 0. The molecule has 0 aromatic heterocycles. The summed E-state index contributed by atoms with van der Waals surface area (Å²) in [6.45, 7) is 0. The molecule has 1 atom stereocenters. The van der Waals surface area contributed by atoms with Gasteiger partial charge in [0, 0.05) is 29.8 Å². The first-order chi connectivity index (χ1) is 1.41. The van der Waals surface area contributed by atoms with Crippen molar-refractivity contribution in [2.45, 2.75) is 0 Å². The van der Waals surface area contributed by atoms with Gasteiger partial charge in [-0.15, -0.1) is 0 Å². The molecule has 0 spiro atoms. The Labute approximate surface area is 70.9 Å². The second-order valence-corrected chi connectivity index (χ2v) is 1.57. The first-order valence-electron chi connectivity index (χ1n) is 0.309. The zero-order chi connectivity index (χ0) is 2.71. The van der Waals surface area contributed by atoms with Gasteiger partial charge in [-0.2, -0.15) is 9.90 Å². The molecule has 0 aliphatic heterocycles. The predicted molar refractivity (Wildman–Crippen MR) is 41.9 cm³/mol. The smallest absolute Gasteiger partial charge is 0.0523 e. The average Bonchev–Trinajstić information content (AvgIpc) is 0.918. The van der Waals surface area contributed by atoms with Crippen LogP contribution in [0.1, 0.15) is 0 Å². The monoisotopic (exact) mass is 171 g/mol. The fourth-order valence-electron chi connectivity index (χ4n) is 0. The van der Waals surface area contributed by atoms with Crippen LogP contribution in [0.2, 0.25) is 0 Å². The van der Waals surface area contributed by atoms with Gasteiger partial charge < -0.3 is 0 Å². The van der Waals surface area contributed by atoms with Gasteiger partial charge in [-0.3, -0.25) is 0 Å². The van der Waals surface area contributed by atoms with E-state index in [1.807, 2.05) is 0 Å². The third-order valence-electron chi connectivity index (χ3n) is 0. The SMILES string of the molecule is ClSCl.P.[Li].[Si]. The summed E-state index contributed by atoms with van der Waals surface area (Å²) >= 11 is 0. The van der Waals surface area contributed by atoms with Crippen molar-refractivity contribution in [3.63, 3.8) is 0 Å². The molecule has 0 aromatic carbocycles. The molecule has 0 heterocycles. The van der Waals surface area contributed by atoms with E-state index < -0.39 is 0 Å². The molecule has 6 heavy (non-hydrogen) atoms. The molecule has 0 saturated heterocycles. The normalized spacial score (nSPS) is 3.00. The van der Waals surface area contributed by atoms with E-state index in [9.17, 15) is 0 Å². The largest absolute Gasteiger partial charge is 0.153 e. The van der Waals surface area contributed by atoms with Crippen LogP contribution in [0.15, 0.2) is 0 Å². The van der Waals surface area contributed by atoms with Crippen molar-refractivity contribution in [1.29, 1.82) is 0 Å². The molecule has 0 N–H and O–H groups in total. The maximum absolute atomic E-state index is 4.68. The zero-order valence-corrected chi connectivity index (χ0v) is 8.11. The summed E-state index contributed by atoms with van der Waals surface area (Å²) in [5.41, 5.74) is 0. The van der Waals surface area contributed by atoms with Crippen LogP contribution in [0.25, 0.3) is 0 Å². The van der Waals surface area contributed by atoms with Crippen molar-refractivity contribution >= 4 is 71.3 Å². The van der Waals surface area contributed by atoms with E-state index >= 15 is 0 Å². The molecule has 0 rings (SSSR count). The predicted octanol–water partition coefficient (Wildman–Crippen LogP) is 1.32. The molecule has 6 heteroatoms. The minimum absolute atomic E-state index is 0. The van der Waals surface area contributed by atoms with Crippen molar-refractivity contribution in [3.8, 4) is 0 Å². The number of hydrogen-bond donors (Lipinski definition) is 0. The third-order valence-corrected chi connectivity index (χ3v) is 0. The molecule has 0 fully saturated rings. The molecule has 0 amide bonds. The molecule has 1 unspecified atom stereocenters. The molecule has 0 aliphatic carbocycles. The molecule has 0 saturated carbocycles. The van der Waals surface area contributed by atoms with E-state index in [0.717, 1.165) is 0 Å². The average molecular weight is 172 g/mol. The van der Waals surface area contributed by atoms with E-state index in [2.05, 4.69) is 21.4 Å². The standard InChI is InChI=1S/Cl2S.Li.H3P.Si/c1-3-2;;;/h;;1H3;.